The predicted molar refractivity (Wildman–Crippen MR) is 499 cm³/mol. The van der Waals surface area contributed by atoms with Gasteiger partial charge in [0.15, 0.2) is 0 Å². The van der Waals surface area contributed by atoms with E-state index in [4.69, 9.17) is 50.3 Å². The summed E-state index contributed by atoms with van der Waals surface area (Å²) in [6.07, 6.45) is 0. The number of hydrogen-bond acceptors (Lipinski definition) is 3. The fourth-order valence-corrected chi connectivity index (χ4v) is 16.6. The summed E-state index contributed by atoms with van der Waals surface area (Å²) in [7, 11) is 0. The minimum absolute atomic E-state index is 0.0651. The molecule has 25 rings (SSSR count). The van der Waals surface area contributed by atoms with Crippen LogP contribution >= 0.6 is 0 Å². The molecule has 0 N–H and O–H groups in total. The summed E-state index contributed by atoms with van der Waals surface area (Å²) in [4.78, 5) is 0. The average molecular weight is 1550 g/mol. The lowest BCUT2D eigenvalue weighted by atomic mass is 9.80. The van der Waals surface area contributed by atoms with Crippen molar-refractivity contribution in [3.8, 4) is 89.0 Å². The van der Waals surface area contributed by atoms with Gasteiger partial charge in [-0.25, -0.2) is 0 Å². The van der Waals surface area contributed by atoms with Crippen LogP contribution in [0.1, 0.15) is 86.7 Å². The Hall–Kier alpha value is -15.2. The lowest BCUT2D eigenvalue weighted by molar-refractivity contribution is 0.660. The summed E-state index contributed by atoms with van der Waals surface area (Å²) in [5.41, 5.74) is 1.09. The van der Waals surface area contributed by atoms with E-state index in [0.717, 1.165) is 27.5 Å². The lowest BCUT2D eigenvalue weighted by Gasteiger charge is -2.22. The van der Waals surface area contributed by atoms with Gasteiger partial charge in [-0.15, -0.1) is 0 Å². The van der Waals surface area contributed by atoms with Gasteiger partial charge in [0.1, 0.15) is 33.5 Å². The molecule has 1 aliphatic rings. The third-order valence-corrected chi connectivity index (χ3v) is 21.7. The van der Waals surface area contributed by atoms with Crippen LogP contribution in [0.3, 0.4) is 0 Å². The Balaban J connectivity index is 0.000000131. The molecule has 3 heteroatoms. The molecule has 1 aliphatic carbocycles. The Morgan fingerprint density at radius 3 is 0.924 bits per heavy atom. The second-order valence-corrected chi connectivity index (χ2v) is 28.4. The van der Waals surface area contributed by atoms with Crippen molar-refractivity contribution in [1.29, 1.82) is 0 Å². The van der Waals surface area contributed by atoms with E-state index < -0.39 is 294 Å². The zero-order valence-electron chi connectivity index (χ0n) is 107. The van der Waals surface area contributed by atoms with Crippen LogP contribution in [0, 0.1) is 0 Å². The van der Waals surface area contributed by atoms with E-state index in [0.29, 0.717) is 33.4 Å². The van der Waals surface area contributed by atoms with Gasteiger partial charge >= 0.3 is 0 Å². The molecule has 21 aromatic carbocycles. The summed E-state index contributed by atoms with van der Waals surface area (Å²) in [5, 5.41) is -2.37. The standard InChI is InChI=1S/C41H28O.C38H24O.C36H22O/c1-41(2)34-19-9-7-17-31(34)40-32(18-11-20-35(40)41)39-29-15-5-3-13-27(29)38(28-14-4-6-16-30(28)39)25-22-23-37-33(24-25)26-12-8-10-21-36(26)42-37;1-2-12-25(13-3-1)27-14-4-5-16-29(27)38-32-19-8-6-17-30(32)37(31-18-7-9-20-33(31)38)26-22-23-36-34(24-26)28-15-10-11-21-35(28)39-36;1-2-10-24-21-25(18-17-23(24)9-1)35-28-12-3-5-14-30(28)36(31-15-6-4-13-29(31)35)26-19-20-34-32(22-26)27-11-7-8-16-33(27)37-34/h3-24H,1-2H3;1-24H;1-22H/i3D,4D,5D,6D,8D,10D,12D,13D,14D,15D,16D,21D,22D,23D,24D;6D,7D,8D,9D,10D,11D,15D,17D,18D,19D,20D,21D,22D,23D,24D;3D,4D,5D,6D,7D,8D,11D,12D,13D,14D,15D,16D,19D,20D,22D. The number of rotatable bonds is 7. The molecule has 24 aromatic rings. The van der Waals surface area contributed by atoms with Crippen molar-refractivity contribution >= 4 is 141 Å². The van der Waals surface area contributed by atoms with Crippen LogP contribution in [0.15, 0.2) is 425 Å². The Morgan fingerprint density at radius 2 is 0.500 bits per heavy atom. The number of benzene rings is 21. The molecule has 0 amide bonds. The van der Waals surface area contributed by atoms with E-state index in [1.807, 2.05) is 84.9 Å². The third-order valence-electron chi connectivity index (χ3n) is 21.7. The van der Waals surface area contributed by atoms with Crippen LogP contribution < -0.4 is 0 Å². The van der Waals surface area contributed by atoms with Crippen molar-refractivity contribution < 1.29 is 74.9 Å². The van der Waals surface area contributed by atoms with Gasteiger partial charge in [0, 0.05) is 37.7 Å². The highest BCUT2D eigenvalue weighted by atomic mass is 16.3. The normalized spacial score (nSPS) is 17.7. The lowest BCUT2D eigenvalue weighted by Crippen LogP contribution is -2.14. The first-order chi connectivity index (χ1) is 77.1. The second-order valence-electron chi connectivity index (χ2n) is 28.4. The molecule has 3 aromatic heterocycles. The molecular formula is C115H74O3. The van der Waals surface area contributed by atoms with E-state index in [1.165, 1.54) is 0 Å². The number of hydrogen-bond donors (Lipinski definition) is 0. The van der Waals surface area contributed by atoms with Crippen LogP contribution in [0.2, 0.25) is 0 Å². The summed E-state index contributed by atoms with van der Waals surface area (Å²) >= 11 is 0. The van der Waals surface area contributed by atoms with E-state index >= 15 is 0 Å². The molecule has 0 radical (unpaired) electrons. The molecular weight excluding hydrogens is 1430 g/mol. The van der Waals surface area contributed by atoms with Gasteiger partial charge in [0.05, 0.1) is 61.7 Å². The van der Waals surface area contributed by atoms with Gasteiger partial charge in [-0.05, 0) is 236 Å². The SMILES string of the molecule is [2H]c1c([2H])c([2H])c2c(oc3c([2H])c([2H])c(-c4c5c([2H])c([2H])c([2H])c([2H])c5c(-c5ccc6ccccc6c5)c5c([2H])c([2H])c([2H])c([2H])c45)c([2H])c32)c1[2H].[2H]c1c([2H])c([2H])c2c(oc3c([2H])c([2H])c(-c4c5c([2H])c([2H])c([2H])c([2H])c5c(-c5cccc6c5-c5ccccc5C6(C)C)c5c([2H])c([2H])c([2H])c([2H])c45)c([2H])c32)c1[2H].[2H]c1c([2H])c([2H])c2c(oc3c([2H])c([2H])c(-c4c5c([2H])c([2H])c([2H])c([2H])c5c(-c5ccccc5-c5ccccc5)c5c([2H])c([2H])c([2H])c([2H])c45)c([2H])c32)c1[2H]. The van der Waals surface area contributed by atoms with Gasteiger partial charge in [-0.2, -0.15) is 0 Å². The molecule has 118 heavy (non-hydrogen) atoms. The quantitative estimate of drug-likeness (QED) is 0.149. The molecule has 0 spiro atoms. The summed E-state index contributed by atoms with van der Waals surface area (Å²) in [6.45, 7) is 4.11. The highest BCUT2D eigenvalue weighted by Gasteiger charge is 2.37. The van der Waals surface area contributed by atoms with E-state index in [-0.39, 0.29) is 164 Å². The van der Waals surface area contributed by atoms with Crippen molar-refractivity contribution in [2.24, 2.45) is 0 Å². The second kappa shape index (κ2) is 27.6. The third kappa shape index (κ3) is 11.0. The van der Waals surface area contributed by atoms with Crippen molar-refractivity contribution in [1.82, 2.24) is 0 Å². The van der Waals surface area contributed by atoms with Gasteiger partial charge in [0.2, 0.25) is 0 Å². The van der Waals surface area contributed by atoms with E-state index in [2.05, 4.69) is 13.8 Å². The molecule has 0 bridgehead atoms. The zero-order valence-corrected chi connectivity index (χ0v) is 61.5. The fourth-order valence-electron chi connectivity index (χ4n) is 16.6. The van der Waals surface area contributed by atoms with Crippen LogP contribution in [0.25, 0.3) is 230 Å². The van der Waals surface area contributed by atoms with Crippen LogP contribution in [-0.2, 0) is 5.41 Å². The molecule has 0 saturated heterocycles. The smallest absolute Gasteiger partial charge is 0.135 e. The monoisotopic (exact) mass is 1550 g/mol. The maximum atomic E-state index is 9.64. The largest absolute Gasteiger partial charge is 0.456 e. The Bertz CT molecular complexity index is 10900. The molecule has 0 fully saturated rings. The Labute approximate surface area is 745 Å². The first-order valence-electron chi connectivity index (χ1n) is 59.6. The van der Waals surface area contributed by atoms with E-state index in [1.54, 1.807) is 54.6 Å². The minimum Gasteiger partial charge on any atom is -0.456 e. The Morgan fingerprint density at radius 1 is 0.195 bits per heavy atom. The number of furan rings is 3. The minimum atomic E-state index is -0.693. The molecule has 3 heterocycles. The average Bonchev–Trinajstić information content (AvgIpc) is 1.67. The number of fused-ring (bicyclic) bond motifs is 19. The van der Waals surface area contributed by atoms with Gasteiger partial charge < -0.3 is 13.3 Å². The summed E-state index contributed by atoms with van der Waals surface area (Å²) < 4.78 is 418. The fraction of sp³-hybridized carbons (Fsp3) is 0.0261. The first kappa shape index (κ1) is 37.0. The summed E-state index contributed by atoms with van der Waals surface area (Å²) in [5.74, 6) is 0. The highest BCUT2D eigenvalue weighted by molar-refractivity contribution is 6.27. The van der Waals surface area contributed by atoms with Crippen molar-refractivity contribution in [3.05, 3.63) is 423 Å². The number of para-hydroxylation sites is 3. The Kier molecular flexibility index (Phi) is 8.64. The summed E-state index contributed by atoms with van der Waals surface area (Å²) in [6, 6.07) is 13.9. The zero-order chi connectivity index (χ0) is 117. The van der Waals surface area contributed by atoms with Gasteiger partial charge in [-0.3, -0.25) is 0 Å². The molecule has 0 unspecified atom stereocenters. The molecule has 0 aliphatic heterocycles. The maximum absolute atomic E-state index is 9.64. The van der Waals surface area contributed by atoms with Crippen LogP contribution in [0.4, 0.5) is 0 Å². The van der Waals surface area contributed by atoms with Gasteiger partial charge in [-0.1, -0.05) is 365 Å². The van der Waals surface area contributed by atoms with Crippen LogP contribution in [-0.4, -0.2) is 0 Å². The molecule has 0 saturated carbocycles. The highest BCUT2D eigenvalue weighted by Crippen LogP contribution is 2.56. The molecule has 552 valence electrons. The molecule has 3 nitrogen and oxygen atoms in total. The molecule has 0 atom stereocenters. The van der Waals surface area contributed by atoms with Crippen molar-refractivity contribution in [2.75, 3.05) is 0 Å². The van der Waals surface area contributed by atoms with Crippen molar-refractivity contribution in [2.45, 2.75) is 19.3 Å². The topological polar surface area (TPSA) is 39.4 Å². The predicted octanol–water partition coefficient (Wildman–Crippen LogP) is 32.8. The van der Waals surface area contributed by atoms with Crippen LogP contribution in [0.5, 0.6) is 0 Å². The maximum Gasteiger partial charge on any atom is 0.135 e. The first-order valence-corrected chi connectivity index (χ1v) is 37.1. The van der Waals surface area contributed by atoms with Gasteiger partial charge in [0.25, 0.3) is 0 Å². The van der Waals surface area contributed by atoms with Crippen molar-refractivity contribution in [3.63, 3.8) is 0 Å². The van der Waals surface area contributed by atoms with E-state index in [9.17, 15) is 24.7 Å².